The number of hydrogen-bond acceptors (Lipinski definition) is 2. The van der Waals surface area contributed by atoms with E-state index in [1.165, 1.54) is 32.1 Å². The summed E-state index contributed by atoms with van der Waals surface area (Å²) in [6.07, 6.45) is 9.65. The van der Waals surface area contributed by atoms with Gasteiger partial charge in [0.2, 0.25) is 5.91 Å². The fourth-order valence-electron chi connectivity index (χ4n) is 2.54. The van der Waals surface area contributed by atoms with E-state index in [1.807, 2.05) is 0 Å². The second kappa shape index (κ2) is 8.95. The van der Waals surface area contributed by atoms with Gasteiger partial charge in [-0.3, -0.25) is 9.59 Å². The van der Waals surface area contributed by atoms with Gasteiger partial charge >= 0.3 is 5.97 Å². The molecule has 0 radical (unpaired) electrons. The molecule has 1 saturated carbocycles. The van der Waals surface area contributed by atoms with E-state index in [0.29, 0.717) is 19.3 Å². The lowest BCUT2D eigenvalue weighted by Gasteiger charge is -2.21. The van der Waals surface area contributed by atoms with Crippen molar-refractivity contribution in [2.24, 2.45) is 5.92 Å². The maximum Gasteiger partial charge on any atom is 0.303 e. The van der Waals surface area contributed by atoms with Crippen LogP contribution in [0.2, 0.25) is 0 Å². The van der Waals surface area contributed by atoms with E-state index in [9.17, 15) is 9.59 Å². The molecule has 18 heavy (non-hydrogen) atoms. The molecule has 0 heterocycles. The van der Waals surface area contributed by atoms with Crippen LogP contribution in [0.3, 0.4) is 0 Å². The molecule has 0 saturated heterocycles. The number of unbranched alkanes of at least 4 members (excludes halogenated alkanes) is 1. The van der Waals surface area contributed by atoms with Crippen molar-refractivity contribution in [1.29, 1.82) is 0 Å². The predicted molar refractivity (Wildman–Crippen MR) is 70.3 cm³/mol. The lowest BCUT2D eigenvalue weighted by Crippen LogP contribution is -2.26. The highest BCUT2D eigenvalue weighted by molar-refractivity contribution is 5.75. The Bertz CT molecular complexity index is 260. The second-order valence-corrected chi connectivity index (χ2v) is 5.24. The third-order valence-corrected chi connectivity index (χ3v) is 3.64. The number of hydrogen-bond donors (Lipinski definition) is 2. The van der Waals surface area contributed by atoms with Crippen LogP contribution in [0.1, 0.15) is 64.2 Å². The summed E-state index contributed by atoms with van der Waals surface area (Å²) in [5, 5.41) is 11.4. The van der Waals surface area contributed by atoms with Crippen molar-refractivity contribution in [1.82, 2.24) is 5.32 Å². The van der Waals surface area contributed by atoms with Gasteiger partial charge in [0.1, 0.15) is 0 Å². The molecule has 0 atom stereocenters. The topological polar surface area (TPSA) is 66.4 Å². The first-order valence-electron chi connectivity index (χ1n) is 7.17. The van der Waals surface area contributed by atoms with E-state index in [1.54, 1.807) is 0 Å². The Kier molecular flexibility index (Phi) is 7.46. The highest BCUT2D eigenvalue weighted by Crippen LogP contribution is 2.25. The van der Waals surface area contributed by atoms with Crippen molar-refractivity contribution < 1.29 is 14.7 Å². The molecule has 0 spiro atoms. The molecular weight excluding hydrogens is 230 g/mol. The van der Waals surface area contributed by atoms with Crippen LogP contribution in [-0.4, -0.2) is 23.5 Å². The molecule has 1 rings (SSSR count). The largest absolute Gasteiger partial charge is 0.481 e. The van der Waals surface area contributed by atoms with E-state index in [0.717, 1.165) is 18.9 Å². The van der Waals surface area contributed by atoms with Gasteiger partial charge in [0.05, 0.1) is 0 Å². The van der Waals surface area contributed by atoms with Crippen LogP contribution in [0.15, 0.2) is 0 Å². The number of carbonyl (C=O) groups is 2. The molecule has 2 N–H and O–H groups in total. The van der Waals surface area contributed by atoms with Gasteiger partial charge in [-0.1, -0.05) is 32.1 Å². The standard InChI is InChI=1S/C14H25NO3/c16-13(8-4-5-9-14(17)18)15-11-10-12-6-2-1-3-7-12/h12H,1-11H2,(H,15,16)(H,17,18). The van der Waals surface area contributed by atoms with Crippen molar-refractivity contribution in [2.75, 3.05) is 6.54 Å². The number of rotatable bonds is 8. The number of carbonyl (C=O) groups excluding carboxylic acids is 1. The predicted octanol–water partition coefficient (Wildman–Crippen LogP) is 2.72. The molecule has 4 nitrogen and oxygen atoms in total. The normalized spacial score (nSPS) is 16.4. The average Bonchev–Trinajstić information content (AvgIpc) is 2.36. The maximum atomic E-state index is 11.5. The minimum absolute atomic E-state index is 0.0659. The molecule has 0 bridgehead atoms. The third kappa shape index (κ3) is 7.30. The zero-order valence-electron chi connectivity index (χ0n) is 11.1. The molecule has 104 valence electrons. The molecule has 4 heteroatoms. The van der Waals surface area contributed by atoms with E-state index in [2.05, 4.69) is 5.32 Å². The Morgan fingerprint density at radius 2 is 1.72 bits per heavy atom. The molecule has 0 unspecified atom stereocenters. The summed E-state index contributed by atoms with van der Waals surface area (Å²) in [5.74, 6) is 0.0787. The number of aliphatic carboxylic acids is 1. The van der Waals surface area contributed by atoms with E-state index in [4.69, 9.17) is 5.11 Å². The molecular formula is C14H25NO3. The first-order chi connectivity index (χ1) is 8.68. The van der Waals surface area contributed by atoms with Gasteiger partial charge in [-0.2, -0.15) is 0 Å². The molecule has 1 aliphatic rings. The van der Waals surface area contributed by atoms with E-state index >= 15 is 0 Å². The first-order valence-corrected chi connectivity index (χ1v) is 7.17. The van der Waals surface area contributed by atoms with Crippen molar-refractivity contribution in [3.63, 3.8) is 0 Å². The monoisotopic (exact) mass is 255 g/mol. The summed E-state index contributed by atoms with van der Waals surface area (Å²) in [7, 11) is 0. The van der Waals surface area contributed by atoms with Gasteiger partial charge in [0.15, 0.2) is 0 Å². The summed E-state index contributed by atoms with van der Waals surface area (Å²) < 4.78 is 0. The number of carboxylic acids is 1. The average molecular weight is 255 g/mol. The van der Waals surface area contributed by atoms with Gasteiger partial charge in [-0.25, -0.2) is 0 Å². The molecule has 1 fully saturated rings. The smallest absolute Gasteiger partial charge is 0.303 e. The minimum atomic E-state index is -0.785. The van der Waals surface area contributed by atoms with Crippen LogP contribution in [-0.2, 0) is 9.59 Å². The highest BCUT2D eigenvalue weighted by Gasteiger charge is 2.13. The van der Waals surface area contributed by atoms with Crippen molar-refractivity contribution >= 4 is 11.9 Å². The Labute approximate surface area is 109 Å². The Hall–Kier alpha value is -1.06. The lowest BCUT2D eigenvalue weighted by atomic mass is 9.87. The second-order valence-electron chi connectivity index (χ2n) is 5.24. The van der Waals surface area contributed by atoms with Crippen LogP contribution >= 0.6 is 0 Å². The van der Waals surface area contributed by atoms with Crippen LogP contribution in [0.25, 0.3) is 0 Å². The molecule has 0 aliphatic heterocycles. The maximum absolute atomic E-state index is 11.5. The van der Waals surface area contributed by atoms with Gasteiger partial charge in [0.25, 0.3) is 0 Å². The summed E-state index contributed by atoms with van der Waals surface area (Å²) >= 11 is 0. The molecule has 0 aromatic carbocycles. The third-order valence-electron chi connectivity index (χ3n) is 3.64. The van der Waals surface area contributed by atoms with Crippen molar-refractivity contribution in [3.05, 3.63) is 0 Å². The van der Waals surface area contributed by atoms with Gasteiger partial charge in [-0.15, -0.1) is 0 Å². The van der Waals surface area contributed by atoms with Gasteiger partial charge in [0, 0.05) is 19.4 Å². The van der Waals surface area contributed by atoms with E-state index in [-0.39, 0.29) is 12.3 Å². The summed E-state index contributed by atoms with van der Waals surface area (Å²) in [5.41, 5.74) is 0. The number of carboxylic acid groups (broad SMARTS) is 1. The fraction of sp³-hybridized carbons (Fsp3) is 0.857. The van der Waals surface area contributed by atoms with Crippen LogP contribution in [0.5, 0.6) is 0 Å². The van der Waals surface area contributed by atoms with Crippen molar-refractivity contribution in [3.8, 4) is 0 Å². The first kappa shape index (κ1) is 15.0. The molecule has 1 amide bonds. The molecule has 0 aromatic heterocycles. The quantitative estimate of drug-likeness (QED) is 0.655. The van der Waals surface area contributed by atoms with Crippen LogP contribution < -0.4 is 5.32 Å². The van der Waals surface area contributed by atoms with Crippen LogP contribution in [0.4, 0.5) is 0 Å². The zero-order chi connectivity index (χ0) is 13.2. The zero-order valence-corrected chi connectivity index (χ0v) is 11.1. The Morgan fingerprint density at radius 3 is 2.39 bits per heavy atom. The Balaban J connectivity index is 1.94. The molecule has 0 aromatic rings. The Morgan fingerprint density at radius 1 is 1.06 bits per heavy atom. The molecule has 1 aliphatic carbocycles. The minimum Gasteiger partial charge on any atom is -0.481 e. The summed E-state index contributed by atoms with van der Waals surface area (Å²) in [6, 6.07) is 0. The lowest BCUT2D eigenvalue weighted by molar-refractivity contribution is -0.137. The van der Waals surface area contributed by atoms with Crippen molar-refractivity contribution in [2.45, 2.75) is 64.2 Å². The van der Waals surface area contributed by atoms with Crippen LogP contribution in [0, 0.1) is 5.92 Å². The van der Waals surface area contributed by atoms with Gasteiger partial charge < -0.3 is 10.4 Å². The fourth-order valence-corrected chi connectivity index (χ4v) is 2.54. The van der Waals surface area contributed by atoms with E-state index < -0.39 is 5.97 Å². The number of amides is 1. The SMILES string of the molecule is O=C(O)CCCCC(=O)NCCC1CCCCC1. The summed E-state index contributed by atoms with van der Waals surface area (Å²) in [6.45, 7) is 0.780. The number of nitrogens with one attached hydrogen (secondary N) is 1. The van der Waals surface area contributed by atoms with Gasteiger partial charge in [-0.05, 0) is 25.2 Å². The summed E-state index contributed by atoms with van der Waals surface area (Å²) in [4.78, 5) is 21.8. The highest BCUT2D eigenvalue weighted by atomic mass is 16.4.